The van der Waals surface area contributed by atoms with Crippen LogP contribution in [0.2, 0.25) is 0 Å². The van der Waals surface area contributed by atoms with Gasteiger partial charge in [0, 0.05) is 11.6 Å². The molecule has 0 radical (unpaired) electrons. The third-order valence-corrected chi connectivity index (χ3v) is 3.96. The second kappa shape index (κ2) is 7.39. The highest BCUT2D eigenvalue weighted by Gasteiger charge is 2.19. The zero-order chi connectivity index (χ0) is 19.5. The fourth-order valence-corrected chi connectivity index (χ4v) is 2.41. The molecule has 0 unspecified atom stereocenters. The zero-order valence-corrected chi connectivity index (χ0v) is 15.1. The number of phenolic OH excluding ortho intramolecular Hbond substituents is 1. The first-order valence-electron chi connectivity index (χ1n) is 8.02. The average Bonchev–Trinajstić information content (AvgIpc) is 2.59. The van der Waals surface area contributed by atoms with Gasteiger partial charge in [-0.2, -0.15) is 0 Å². The van der Waals surface area contributed by atoms with Crippen LogP contribution in [0.5, 0.6) is 11.5 Å². The molecule has 2 rings (SSSR count). The first-order chi connectivity index (χ1) is 12.1. The number of rotatable bonds is 5. The molecule has 0 fully saturated rings. The summed E-state index contributed by atoms with van der Waals surface area (Å²) in [6, 6.07) is 9.95. The molecule has 0 aliphatic rings. The molecule has 0 spiro atoms. The van der Waals surface area contributed by atoms with Gasteiger partial charge in [0.2, 0.25) is 5.75 Å². The Balaban J connectivity index is 2.28. The van der Waals surface area contributed by atoms with Crippen molar-refractivity contribution in [2.75, 3.05) is 7.11 Å². The van der Waals surface area contributed by atoms with Crippen molar-refractivity contribution in [2.24, 2.45) is 0 Å². The van der Waals surface area contributed by atoms with Crippen molar-refractivity contribution in [2.45, 2.75) is 26.2 Å². The standard InChI is InChI=1S/C20H21NO5/c1-20(2,3)15-8-6-14(7-9-15)17(22)10-5-13-11-16(21(24)25)19(23)18(12-13)26-4/h5-12,23H,1-4H3/b10-5+. The number of carbonyl (C=O) groups is 1. The van der Waals surface area contributed by atoms with E-state index in [2.05, 4.69) is 20.8 Å². The summed E-state index contributed by atoms with van der Waals surface area (Å²) in [6.45, 7) is 6.28. The number of hydrogen-bond donors (Lipinski definition) is 1. The summed E-state index contributed by atoms with van der Waals surface area (Å²) in [6.07, 6.45) is 2.79. The highest BCUT2D eigenvalue weighted by molar-refractivity contribution is 6.06. The van der Waals surface area contributed by atoms with Crippen LogP contribution in [-0.4, -0.2) is 22.9 Å². The SMILES string of the molecule is COc1cc(/C=C/C(=O)c2ccc(C(C)(C)C)cc2)cc([N+](=O)[O-])c1O. The maximum atomic E-state index is 12.3. The summed E-state index contributed by atoms with van der Waals surface area (Å²) in [5, 5.41) is 20.8. The Morgan fingerprint density at radius 2 is 1.81 bits per heavy atom. The van der Waals surface area contributed by atoms with E-state index in [1.807, 2.05) is 12.1 Å². The summed E-state index contributed by atoms with van der Waals surface area (Å²) in [5.74, 6) is -0.792. The summed E-state index contributed by atoms with van der Waals surface area (Å²) < 4.78 is 4.94. The lowest BCUT2D eigenvalue weighted by molar-refractivity contribution is -0.386. The molecule has 136 valence electrons. The van der Waals surface area contributed by atoms with E-state index in [1.54, 1.807) is 12.1 Å². The van der Waals surface area contributed by atoms with Crippen molar-refractivity contribution in [1.82, 2.24) is 0 Å². The van der Waals surface area contributed by atoms with Gasteiger partial charge in [-0.25, -0.2) is 0 Å². The molecule has 0 amide bonds. The van der Waals surface area contributed by atoms with Crippen molar-refractivity contribution < 1.29 is 19.6 Å². The van der Waals surface area contributed by atoms with E-state index < -0.39 is 16.4 Å². The van der Waals surface area contributed by atoms with Gasteiger partial charge in [-0.1, -0.05) is 51.1 Å². The van der Waals surface area contributed by atoms with Gasteiger partial charge in [0.15, 0.2) is 11.5 Å². The molecule has 0 aliphatic carbocycles. The van der Waals surface area contributed by atoms with Crippen LogP contribution in [0.4, 0.5) is 5.69 Å². The van der Waals surface area contributed by atoms with E-state index in [0.717, 1.165) is 5.56 Å². The number of phenols is 1. The maximum Gasteiger partial charge on any atom is 0.315 e. The van der Waals surface area contributed by atoms with Gasteiger partial charge in [-0.15, -0.1) is 0 Å². The van der Waals surface area contributed by atoms with Gasteiger partial charge in [0.05, 0.1) is 12.0 Å². The Morgan fingerprint density at radius 1 is 1.19 bits per heavy atom. The number of hydrogen-bond acceptors (Lipinski definition) is 5. The first-order valence-corrected chi connectivity index (χ1v) is 8.02. The third kappa shape index (κ3) is 4.27. The highest BCUT2D eigenvalue weighted by atomic mass is 16.6. The minimum Gasteiger partial charge on any atom is -0.500 e. The van der Waals surface area contributed by atoms with Gasteiger partial charge in [0.1, 0.15) is 0 Å². The zero-order valence-electron chi connectivity index (χ0n) is 15.1. The minimum absolute atomic E-state index is 0.00105. The number of carbonyl (C=O) groups excluding carboxylic acids is 1. The molecule has 6 heteroatoms. The molecule has 1 N–H and O–H groups in total. The molecular formula is C20H21NO5. The topological polar surface area (TPSA) is 89.7 Å². The molecule has 2 aromatic rings. The smallest absolute Gasteiger partial charge is 0.315 e. The largest absolute Gasteiger partial charge is 0.500 e. The van der Waals surface area contributed by atoms with Gasteiger partial charge >= 0.3 is 5.69 Å². The van der Waals surface area contributed by atoms with Crippen LogP contribution in [0, 0.1) is 10.1 Å². The number of nitro benzene ring substituents is 1. The van der Waals surface area contributed by atoms with Gasteiger partial charge in [-0.05, 0) is 28.7 Å². The van der Waals surface area contributed by atoms with Gasteiger partial charge in [0.25, 0.3) is 0 Å². The van der Waals surface area contributed by atoms with Crippen molar-refractivity contribution >= 4 is 17.5 Å². The second-order valence-corrected chi connectivity index (χ2v) is 6.87. The number of aromatic hydroxyl groups is 1. The fraction of sp³-hybridized carbons (Fsp3) is 0.250. The molecule has 0 atom stereocenters. The van der Waals surface area contributed by atoms with Crippen LogP contribution in [-0.2, 0) is 5.41 Å². The molecule has 0 saturated heterocycles. The lowest BCUT2D eigenvalue weighted by Crippen LogP contribution is -2.11. The quantitative estimate of drug-likeness (QED) is 0.369. The Morgan fingerprint density at radius 3 is 2.31 bits per heavy atom. The molecule has 26 heavy (non-hydrogen) atoms. The van der Waals surface area contributed by atoms with Crippen LogP contribution in [0.25, 0.3) is 6.08 Å². The first kappa shape index (κ1) is 19.2. The van der Waals surface area contributed by atoms with Crippen LogP contribution in [0.1, 0.15) is 42.3 Å². The van der Waals surface area contributed by atoms with Crippen LogP contribution < -0.4 is 4.74 Å². The van der Waals surface area contributed by atoms with Crippen molar-refractivity contribution in [3.05, 3.63) is 69.3 Å². The summed E-state index contributed by atoms with van der Waals surface area (Å²) >= 11 is 0. The molecule has 0 saturated carbocycles. The number of nitro groups is 1. The van der Waals surface area contributed by atoms with E-state index in [-0.39, 0.29) is 16.9 Å². The average molecular weight is 355 g/mol. The molecule has 6 nitrogen and oxygen atoms in total. The van der Waals surface area contributed by atoms with E-state index in [1.165, 1.54) is 31.4 Å². The van der Waals surface area contributed by atoms with Crippen LogP contribution >= 0.6 is 0 Å². The number of allylic oxidation sites excluding steroid dienone is 1. The maximum absolute atomic E-state index is 12.3. The van der Waals surface area contributed by atoms with Crippen LogP contribution in [0.3, 0.4) is 0 Å². The molecule has 0 aliphatic heterocycles. The van der Waals surface area contributed by atoms with E-state index in [9.17, 15) is 20.0 Å². The van der Waals surface area contributed by atoms with Crippen molar-refractivity contribution in [3.8, 4) is 11.5 Å². The number of ketones is 1. The molecular weight excluding hydrogens is 334 g/mol. The molecule has 0 bridgehead atoms. The third-order valence-electron chi connectivity index (χ3n) is 3.96. The number of nitrogens with zero attached hydrogens (tertiary/aromatic N) is 1. The van der Waals surface area contributed by atoms with E-state index in [4.69, 9.17) is 4.74 Å². The second-order valence-electron chi connectivity index (χ2n) is 6.87. The minimum atomic E-state index is -0.706. The molecule has 0 aromatic heterocycles. The predicted molar refractivity (Wildman–Crippen MR) is 99.8 cm³/mol. The van der Waals surface area contributed by atoms with E-state index >= 15 is 0 Å². The molecule has 0 heterocycles. The Hall–Kier alpha value is -3.15. The van der Waals surface area contributed by atoms with E-state index in [0.29, 0.717) is 11.1 Å². The monoisotopic (exact) mass is 355 g/mol. The lowest BCUT2D eigenvalue weighted by atomic mass is 9.86. The van der Waals surface area contributed by atoms with Crippen molar-refractivity contribution in [1.29, 1.82) is 0 Å². The normalized spacial score (nSPS) is 11.5. The van der Waals surface area contributed by atoms with Gasteiger partial charge < -0.3 is 9.84 Å². The molecule has 2 aromatic carbocycles. The van der Waals surface area contributed by atoms with Gasteiger partial charge in [-0.3, -0.25) is 14.9 Å². The Kier molecular flexibility index (Phi) is 5.45. The Labute approximate surface area is 151 Å². The Bertz CT molecular complexity index is 861. The summed E-state index contributed by atoms with van der Waals surface area (Å²) in [7, 11) is 1.30. The summed E-state index contributed by atoms with van der Waals surface area (Å²) in [4.78, 5) is 22.6. The highest BCUT2D eigenvalue weighted by Crippen LogP contribution is 2.37. The van der Waals surface area contributed by atoms with Crippen LogP contribution in [0.15, 0.2) is 42.5 Å². The summed E-state index contributed by atoms with van der Waals surface area (Å²) in [5.41, 5.74) is 1.54. The van der Waals surface area contributed by atoms with Crippen molar-refractivity contribution in [3.63, 3.8) is 0 Å². The number of methoxy groups -OCH3 is 1. The number of benzene rings is 2. The predicted octanol–water partition coefficient (Wildman–Crippen LogP) is 4.50. The fourth-order valence-electron chi connectivity index (χ4n) is 2.41. The lowest BCUT2D eigenvalue weighted by Gasteiger charge is -2.18. The number of ether oxygens (including phenoxy) is 1.